The minimum Gasteiger partial charge on any atom is -0.395 e. The van der Waals surface area contributed by atoms with Crippen molar-refractivity contribution in [3.05, 3.63) is 141 Å². The number of nitriles is 2. The van der Waals surface area contributed by atoms with E-state index >= 15 is 0 Å². The van der Waals surface area contributed by atoms with Crippen molar-refractivity contribution < 1.29 is 15.0 Å². The highest BCUT2D eigenvalue weighted by molar-refractivity contribution is 5.85. The van der Waals surface area contributed by atoms with Crippen LogP contribution in [0, 0.1) is 35.8 Å². The number of nitrogens with zero attached hydrogens (tertiary/aromatic N) is 8. The second-order valence-corrected chi connectivity index (χ2v) is 9.76. The van der Waals surface area contributed by atoms with Crippen molar-refractivity contribution in [1.82, 2.24) is 9.97 Å². The molecule has 0 aliphatic heterocycles. The van der Waals surface area contributed by atoms with E-state index in [4.69, 9.17) is 33.9 Å². The number of hydrogen-bond donors (Lipinski definition) is 2. The van der Waals surface area contributed by atoms with E-state index in [-0.39, 0.29) is 20.6 Å². The van der Waals surface area contributed by atoms with Gasteiger partial charge in [-0.1, -0.05) is 37.8 Å². The Morgan fingerprint density at radius 3 is 1.65 bits per heavy atom. The van der Waals surface area contributed by atoms with Crippen LogP contribution in [0.2, 0.25) is 0 Å². The lowest BCUT2D eigenvalue weighted by Gasteiger charge is -2.16. The summed E-state index contributed by atoms with van der Waals surface area (Å²) in [7, 11) is 3.69. The first-order chi connectivity index (χ1) is 22.8. The smallest absolute Gasteiger partial charge is 0.239 e. The lowest BCUT2D eigenvalue weighted by Crippen LogP contribution is -2.22. The lowest BCUT2D eigenvalue weighted by atomic mass is 10.1. The van der Waals surface area contributed by atoms with Gasteiger partial charge in [0.05, 0.1) is 43.1 Å². The summed E-state index contributed by atoms with van der Waals surface area (Å²) >= 11 is 0. The predicted molar refractivity (Wildman–Crippen MR) is 188 cm³/mol. The monoisotopic (exact) mass is 642 g/mol. The summed E-state index contributed by atoms with van der Waals surface area (Å²) in [4.78, 5) is 29.1. The molecule has 0 atom stereocenters. The normalized spacial score (nSPS) is 9.62. The van der Waals surface area contributed by atoms with Gasteiger partial charge in [-0.15, -0.1) is 0 Å². The van der Waals surface area contributed by atoms with Gasteiger partial charge in [0.25, 0.3) is 0 Å². The highest BCUT2D eigenvalue weighted by Crippen LogP contribution is 2.21. The number of hydrogen-bond acceptors (Lipinski definition) is 9. The maximum Gasteiger partial charge on any atom is 0.239 e. The van der Waals surface area contributed by atoms with E-state index in [2.05, 4.69) is 25.7 Å². The number of carbonyl (C=O) groups is 1. The number of pyridine rings is 2. The van der Waals surface area contributed by atoms with Crippen LogP contribution in [0.4, 0.5) is 11.6 Å². The van der Waals surface area contributed by atoms with Crippen LogP contribution >= 0.6 is 0 Å². The van der Waals surface area contributed by atoms with Crippen molar-refractivity contribution in [3.63, 3.8) is 0 Å². The van der Waals surface area contributed by atoms with Crippen LogP contribution in [-0.4, -0.2) is 66.9 Å². The predicted octanol–water partition coefficient (Wildman–Crippen LogP) is 5.74. The Balaban J connectivity index is 0.000000391. The van der Waals surface area contributed by atoms with Gasteiger partial charge in [0.1, 0.15) is 11.6 Å². The Morgan fingerprint density at radius 1 is 0.792 bits per heavy atom. The first kappa shape index (κ1) is 39.7. The van der Waals surface area contributed by atoms with Crippen molar-refractivity contribution in [2.45, 2.75) is 14.0 Å². The summed E-state index contributed by atoms with van der Waals surface area (Å²) < 4.78 is 0. The molecule has 2 aromatic carbocycles. The molecule has 244 valence electrons. The van der Waals surface area contributed by atoms with Gasteiger partial charge in [-0.3, -0.25) is 4.79 Å². The molecule has 0 amide bonds. The van der Waals surface area contributed by atoms with Gasteiger partial charge in [0, 0.05) is 50.7 Å². The molecule has 0 aliphatic rings. The van der Waals surface area contributed by atoms with E-state index in [9.17, 15) is 4.79 Å². The van der Waals surface area contributed by atoms with Crippen LogP contribution in [0.3, 0.4) is 0 Å². The molecule has 0 aliphatic carbocycles. The summed E-state index contributed by atoms with van der Waals surface area (Å²) in [6.45, 7) is 15.5. The van der Waals surface area contributed by atoms with Crippen LogP contribution in [0.15, 0.2) is 85.2 Å². The van der Waals surface area contributed by atoms with Crippen LogP contribution in [0.25, 0.3) is 21.5 Å². The third-order valence-corrected chi connectivity index (χ3v) is 6.41. The van der Waals surface area contributed by atoms with Crippen LogP contribution in [0.5, 0.6) is 0 Å². The lowest BCUT2D eigenvalue weighted by molar-refractivity contribution is 0.112. The maximum absolute atomic E-state index is 10.3. The number of benzene rings is 2. The Labute approximate surface area is 282 Å². The van der Waals surface area contributed by atoms with E-state index < -0.39 is 0 Å². The molecule has 0 saturated carbocycles. The zero-order valence-electron chi connectivity index (χ0n) is 26.2. The first-order valence-electron chi connectivity index (χ1n) is 14.3. The van der Waals surface area contributed by atoms with Crippen molar-refractivity contribution in [2.24, 2.45) is 0 Å². The molecule has 11 nitrogen and oxygen atoms in total. The molecule has 0 radical (unpaired) electrons. The summed E-state index contributed by atoms with van der Waals surface area (Å²) in [5, 5.41) is 34.9. The number of carbonyl (C=O) groups excluding carboxylic acids is 1. The number of anilines is 2. The quantitative estimate of drug-likeness (QED) is 0.163. The molecule has 48 heavy (non-hydrogen) atoms. The molecule has 0 bridgehead atoms. The van der Waals surface area contributed by atoms with E-state index in [1.165, 1.54) is 6.20 Å². The summed E-state index contributed by atoms with van der Waals surface area (Å²) in [6.07, 6.45) is 5.72. The molecule has 4 aromatic rings. The Hall–Kier alpha value is -6.37. The van der Waals surface area contributed by atoms with Gasteiger partial charge in [0.15, 0.2) is 12.0 Å². The first-order valence-corrected chi connectivity index (χ1v) is 14.3. The molecular weight excluding hydrogens is 604 g/mol. The van der Waals surface area contributed by atoms with Gasteiger partial charge >= 0.3 is 0 Å². The van der Waals surface area contributed by atoms with Crippen molar-refractivity contribution in [3.8, 4) is 12.1 Å². The minimum atomic E-state index is 0. The van der Waals surface area contributed by atoms with E-state index in [1.807, 2.05) is 42.1 Å². The third-order valence-electron chi connectivity index (χ3n) is 6.41. The van der Waals surface area contributed by atoms with Crippen LogP contribution in [0.1, 0.15) is 45.6 Å². The molecule has 0 spiro atoms. The Bertz CT molecular complexity index is 1740. The highest BCUT2D eigenvalue weighted by atomic mass is 16.3. The summed E-state index contributed by atoms with van der Waals surface area (Å²) in [6, 6.07) is 25.2. The van der Waals surface area contributed by atoms with E-state index in [0.29, 0.717) is 42.0 Å². The van der Waals surface area contributed by atoms with Gasteiger partial charge < -0.3 is 24.9 Å². The fourth-order valence-corrected chi connectivity index (χ4v) is 3.76. The fourth-order valence-electron chi connectivity index (χ4n) is 3.76. The zero-order chi connectivity index (χ0) is 34.4. The summed E-state index contributed by atoms with van der Waals surface area (Å²) in [5.74, 6) is 1.51. The molecular formula is C37H38N8O3. The summed E-state index contributed by atoms with van der Waals surface area (Å²) in [5.41, 5.74) is 4.80. The number of aliphatic hydroxyl groups excluding tert-OH is 2. The second-order valence-electron chi connectivity index (χ2n) is 9.76. The minimum absolute atomic E-state index is 0. The van der Waals surface area contributed by atoms with Crippen molar-refractivity contribution in [1.29, 1.82) is 10.5 Å². The Kier molecular flexibility index (Phi) is 18.3. The third kappa shape index (κ3) is 13.3. The van der Waals surface area contributed by atoms with Gasteiger partial charge in [0.2, 0.25) is 6.54 Å². The molecule has 2 heterocycles. The maximum atomic E-state index is 10.3. The second kappa shape index (κ2) is 22.2. The SMILES string of the molecule is C.CN(CCO)c1ccc(C=O)cn1.[C-]#[N+]/C(=C\c1ccc(N(C)CCO)nc1)c1ccc(C#N)cc1.[C-]#[N+]Cc1ccc(C#N)cc1. The molecule has 2 aromatic heterocycles. The molecule has 4 rings (SSSR count). The molecule has 2 N–H and O–H groups in total. The van der Waals surface area contributed by atoms with E-state index in [1.54, 1.807) is 72.9 Å². The molecule has 11 heteroatoms. The van der Waals surface area contributed by atoms with Gasteiger partial charge in [-0.25, -0.2) is 21.4 Å². The highest BCUT2D eigenvalue weighted by Gasteiger charge is 2.05. The number of likely N-dealkylation sites (N-methyl/N-ethyl adjacent to an activating group) is 2. The number of aromatic nitrogens is 2. The molecule has 0 saturated heterocycles. The average molecular weight is 643 g/mol. The largest absolute Gasteiger partial charge is 0.395 e. The molecule has 0 fully saturated rings. The topological polar surface area (TPSA) is 146 Å². The van der Waals surface area contributed by atoms with Gasteiger partial charge in [-0.05, 0) is 59.7 Å². The number of aliphatic hydroxyl groups is 2. The fraction of sp³-hybridized carbons (Fsp3) is 0.216. The van der Waals surface area contributed by atoms with Gasteiger partial charge in [-0.2, -0.15) is 10.5 Å². The van der Waals surface area contributed by atoms with E-state index in [0.717, 1.165) is 34.6 Å². The van der Waals surface area contributed by atoms with Crippen LogP contribution < -0.4 is 9.80 Å². The Morgan fingerprint density at radius 2 is 1.27 bits per heavy atom. The average Bonchev–Trinajstić information content (AvgIpc) is 3.12. The van der Waals surface area contributed by atoms with Crippen molar-refractivity contribution >= 4 is 29.7 Å². The van der Waals surface area contributed by atoms with Crippen molar-refractivity contribution in [2.75, 3.05) is 50.2 Å². The molecule has 0 unspecified atom stereocenters. The standard InChI is InChI=1S/C18H16N4O.C9H12N2O2.C9H6N2.CH4/c1-20-17(16-6-3-14(12-19)4-7-16)11-15-5-8-18(21-13-15)22(2)9-10-23;1-11(4-5-12)9-3-2-8(7-13)6-10-9;1-11-7-9-4-2-8(6-10)3-5-9;/h3-8,11,13,23H,9-10H2,2H3;2-3,6-7,12H,4-5H2,1H3;2-5H,7H2;1H4/b17-11-;;;. The zero-order valence-corrected chi connectivity index (χ0v) is 26.2. The number of aldehydes is 1. The van der Waals surface area contributed by atoms with Crippen LogP contribution in [-0.2, 0) is 6.54 Å². The number of rotatable bonds is 10.